The van der Waals surface area contributed by atoms with E-state index in [0.29, 0.717) is 0 Å². The van der Waals surface area contributed by atoms with Crippen molar-refractivity contribution < 1.29 is 0 Å². The van der Waals surface area contributed by atoms with Crippen LogP contribution in [0.15, 0.2) is 0 Å². The molecule has 1 aliphatic heterocycles. The molecule has 0 aromatic carbocycles. The molecule has 19 heavy (non-hydrogen) atoms. The minimum atomic E-state index is 0.770. The number of likely N-dealkylation sites (tertiary alicyclic amines) is 1. The van der Waals surface area contributed by atoms with Gasteiger partial charge in [-0.15, -0.1) is 0 Å². The predicted molar refractivity (Wildman–Crippen MR) is 84.7 cm³/mol. The van der Waals surface area contributed by atoms with E-state index in [1.54, 1.807) is 0 Å². The second kappa shape index (κ2) is 9.73. The SMILES string of the molecule is CC(C)CNCCCCN(C)CC1CCN(C)CC1. The van der Waals surface area contributed by atoms with Crippen molar-refractivity contribution in [2.45, 2.75) is 39.5 Å². The van der Waals surface area contributed by atoms with E-state index >= 15 is 0 Å². The Labute approximate surface area is 120 Å². The van der Waals surface area contributed by atoms with Crippen LogP contribution in [0.4, 0.5) is 0 Å². The van der Waals surface area contributed by atoms with E-state index in [2.05, 4.69) is 43.1 Å². The van der Waals surface area contributed by atoms with Crippen LogP contribution < -0.4 is 5.32 Å². The van der Waals surface area contributed by atoms with Gasteiger partial charge >= 0.3 is 0 Å². The Morgan fingerprint density at radius 3 is 2.53 bits per heavy atom. The fourth-order valence-corrected chi connectivity index (χ4v) is 2.80. The highest BCUT2D eigenvalue weighted by Gasteiger charge is 2.17. The van der Waals surface area contributed by atoms with Gasteiger partial charge in [0.1, 0.15) is 0 Å². The van der Waals surface area contributed by atoms with Crippen molar-refractivity contribution in [3.8, 4) is 0 Å². The first-order valence-corrected chi connectivity index (χ1v) is 8.15. The lowest BCUT2D eigenvalue weighted by molar-refractivity contribution is 0.175. The Bertz CT molecular complexity index is 210. The largest absolute Gasteiger partial charge is 0.316 e. The Hall–Kier alpha value is -0.120. The molecule has 0 aliphatic carbocycles. The molecule has 0 amide bonds. The van der Waals surface area contributed by atoms with Gasteiger partial charge in [0.15, 0.2) is 0 Å². The highest BCUT2D eigenvalue weighted by molar-refractivity contribution is 4.72. The van der Waals surface area contributed by atoms with E-state index in [9.17, 15) is 0 Å². The maximum atomic E-state index is 3.52. The van der Waals surface area contributed by atoms with Crippen molar-refractivity contribution in [2.75, 3.05) is 53.4 Å². The molecule has 1 heterocycles. The molecule has 0 spiro atoms. The summed E-state index contributed by atoms with van der Waals surface area (Å²) < 4.78 is 0. The summed E-state index contributed by atoms with van der Waals surface area (Å²) in [5.41, 5.74) is 0. The molecule has 1 aliphatic rings. The zero-order chi connectivity index (χ0) is 14.1. The summed E-state index contributed by atoms with van der Waals surface area (Å²) in [5, 5.41) is 3.52. The number of nitrogens with zero attached hydrogens (tertiary/aromatic N) is 2. The Balaban J connectivity index is 1.94. The molecule has 114 valence electrons. The number of nitrogens with one attached hydrogen (secondary N) is 1. The van der Waals surface area contributed by atoms with Crippen LogP contribution in [0.2, 0.25) is 0 Å². The molecule has 0 aromatic heterocycles. The third-order valence-electron chi connectivity index (χ3n) is 4.10. The van der Waals surface area contributed by atoms with E-state index in [4.69, 9.17) is 0 Å². The fraction of sp³-hybridized carbons (Fsp3) is 1.00. The topological polar surface area (TPSA) is 18.5 Å². The first-order valence-electron chi connectivity index (χ1n) is 8.15. The Kier molecular flexibility index (Phi) is 8.67. The second-order valence-corrected chi connectivity index (χ2v) is 6.81. The van der Waals surface area contributed by atoms with Gasteiger partial charge in [0.2, 0.25) is 0 Å². The standard InChI is InChI=1S/C16H35N3/c1-15(2)13-17-9-5-6-10-19(4)14-16-7-11-18(3)12-8-16/h15-17H,5-14H2,1-4H3. The highest BCUT2D eigenvalue weighted by atomic mass is 15.1. The summed E-state index contributed by atoms with van der Waals surface area (Å²) in [6.07, 6.45) is 5.41. The van der Waals surface area contributed by atoms with Crippen LogP contribution in [0.25, 0.3) is 0 Å². The molecule has 0 radical (unpaired) electrons. The van der Waals surface area contributed by atoms with Crippen molar-refractivity contribution in [1.82, 2.24) is 15.1 Å². The van der Waals surface area contributed by atoms with Gasteiger partial charge < -0.3 is 15.1 Å². The molecule has 0 atom stereocenters. The summed E-state index contributed by atoms with van der Waals surface area (Å²) in [4.78, 5) is 5.00. The van der Waals surface area contributed by atoms with Crippen LogP contribution >= 0.6 is 0 Å². The molecule has 3 heteroatoms. The van der Waals surface area contributed by atoms with Gasteiger partial charge in [-0.05, 0) is 84.3 Å². The van der Waals surface area contributed by atoms with Crippen molar-refractivity contribution in [3.63, 3.8) is 0 Å². The van der Waals surface area contributed by atoms with Gasteiger partial charge in [0, 0.05) is 6.54 Å². The summed E-state index contributed by atoms with van der Waals surface area (Å²) in [6.45, 7) is 12.0. The predicted octanol–water partition coefficient (Wildman–Crippen LogP) is 2.29. The zero-order valence-corrected chi connectivity index (χ0v) is 13.6. The first-order chi connectivity index (χ1) is 9.08. The molecule has 1 N–H and O–H groups in total. The first kappa shape index (κ1) is 16.9. The highest BCUT2D eigenvalue weighted by Crippen LogP contribution is 2.16. The molecule has 0 bridgehead atoms. The monoisotopic (exact) mass is 269 g/mol. The quantitative estimate of drug-likeness (QED) is 0.648. The average Bonchev–Trinajstić information content (AvgIpc) is 2.36. The molecule has 1 saturated heterocycles. The molecule has 0 saturated carbocycles. The van der Waals surface area contributed by atoms with Gasteiger partial charge in [0.25, 0.3) is 0 Å². The molecule has 1 rings (SSSR count). The zero-order valence-electron chi connectivity index (χ0n) is 13.6. The van der Waals surface area contributed by atoms with E-state index in [1.165, 1.54) is 58.4 Å². The maximum Gasteiger partial charge on any atom is 0.000756 e. The summed E-state index contributed by atoms with van der Waals surface area (Å²) in [5.74, 6) is 1.70. The van der Waals surface area contributed by atoms with Gasteiger partial charge in [-0.3, -0.25) is 0 Å². The minimum absolute atomic E-state index is 0.770. The van der Waals surface area contributed by atoms with Gasteiger partial charge in [-0.2, -0.15) is 0 Å². The number of piperidine rings is 1. The van der Waals surface area contributed by atoms with Crippen LogP contribution in [0.1, 0.15) is 39.5 Å². The Morgan fingerprint density at radius 2 is 1.89 bits per heavy atom. The number of rotatable bonds is 9. The van der Waals surface area contributed by atoms with Gasteiger partial charge in [0.05, 0.1) is 0 Å². The molecule has 0 unspecified atom stereocenters. The van der Waals surface area contributed by atoms with E-state index in [-0.39, 0.29) is 0 Å². The molecule has 3 nitrogen and oxygen atoms in total. The van der Waals surface area contributed by atoms with Crippen molar-refractivity contribution in [1.29, 1.82) is 0 Å². The lowest BCUT2D eigenvalue weighted by atomic mass is 9.96. The molecular weight excluding hydrogens is 234 g/mol. The fourth-order valence-electron chi connectivity index (χ4n) is 2.80. The normalized spacial score (nSPS) is 18.6. The lowest BCUT2D eigenvalue weighted by Gasteiger charge is -2.31. The van der Waals surface area contributed by atoms with Crippen molar-refractivity contribution in [2.24, 2.45) is 11.8 Å². The average molecular weight is 269 g/mol. The number of hydrogen-bond acceptors (Lipinski definition) is 3. The molecule has 1 fully saturated rings. The van der Waals surface area contributed by atoms with E-state index in [1.807, 2.05) is 0 Å². The van der Waals surface area contributed by atoms with Crippen LogP contribution in [0.5, 0.6) is 0 Å². The summed E-state index contributed by atoms with van der Waals surface area (Å²) in [6, 6.07) is 0. The van der Waals surface area contributed by atoms with E-state index < -0.39 is 0 Å². The minimum Gasteiger partial charge on any atom is -0.316 e. The molecular formula is C16H35N3. The smallest absolute Gasteiger partial charge is 0.000756 e. The van der Waals surface area contributed by atoms with Gasteiger partial charge in [-0.25, -0.2) is 0 Å². The number of hydrogen-bond donors (Lipinski definition) is 1. The van der Waals surface area contributed by atoms with Crippen molar-refractivity contribution >= 4 is 0 Å². The van der Waals surface area contributed by atoms with Crippen LogP contribution in [0, 0.1) is 11.8 Å². The number of unbranched alkanes of at least 4 members (excludes halogenated alkanes) is 1. The van der Waals surface area contributed by atoms with E-state index in [0.717, 1.165) is 18.4 Å². The van der Waals surface area contributed by atoms with Crippen LogP contribution in [0.3, 0.4) is 0 Å². The second-order valence-electron chi connectivity index (χ2n) is 6.81. The Morgan fingerprint density at radius 1 is 1.21 bits per heavy atom. The summed E-state index contributed by atoms with van der Waals surface area (Å²) in [7, 11) is 4.53. The van der Waals surface area contributed by atoms with Crippen molar-refractivity contribution in [3.05, 3.63) is 0 Å². The molecule has 0 aromatic rings. The summed E-state index contributed by atoms with van der Waals surface area (Å²) >= 11 is 0. The van der Waals surface area contributed by atoms with Crippen LogP contribution in [-0.4, -0.2) is 63.2 Å². The lowest BCUT2D eigenvalue weighted by Crippen LogP contribution is -2.36. The van der Waals surface area contributed by atoms with Crippen LogP contribution in [-0.2, 0) is 0 Å². The maximum absolute atomic E-state index is 3.52. The third kappa shape index (κ3) is 8.61. The third-order valence-corrected chi connectivity index (χ3v) is 4.10. The van der Waals surface area contributed by atoms with Gasteiger partial charge in [-0.1, -0.05) is 13.8 Å².